The van der Waals surface area contributed by atoms with Gasteiger partial charge < -0.3 is 15.4 Å². The van der Waals surface area contributed by atoms with Crippen molar-refractivity contribution in [1.29, 1.82) is 0 Å². The molecule has 150 valence electrons. The minimum atomic E-state index is -3.58. The number of morpholine rings is 1. The Morgan fingerprint density at radius 3 is 2.48 bits per heavy atom. The second-order valence-electron chi connectivity index (χ2n) is 7.51. The Kier molecular flexibility index (Phi) is 6.52. The molecule has 3 unspecified atom stereocenters. The van der Waals surface area contributed by atoms with Crippen LogP contribution < -0.4 is 10.6 Å². The molecule has 27 heavy (non-hydrogen) atoms. The molecule has 8 heteroatoms. The average Bonchev–Trinajstić information content (AvgIpc) is 3.14. The molecule has 0 saturated carbocycles. The molecule has 1 aromatic carbocycles. The Morgan fingerprint density at radius 1 is 1.22 bits per heavy atom. The number of nitrogens with one attached hydrogen (secondary N) is 2. The average molecular weight is 396 g/mol. The van der Waals surface area contributed by atoms with Crippen molar-refractivity contribution < 1.29 is 17.9 Å². The zero-order valence-corrected chi connectivity index (χ0v) is 16.8. The van der Waals surface area contributed by atoms with Crippen LogP contribution in [0.5, 0.6) is 0 Å². The van der Waals surface area contributed by atoms with Gasteiger partial charge in [0, 0.05) is 25.2 Å². The lowest BCUT2D eigenvalue weighted by atomic mass is 10.1. The molecular formula is C19H29N3O4S. The SMILES string of the molecule is CC1CN(S(=O)(=O)c2ccc(C(=O)NCCC3CCNC3)cc2)CC(C)O1. The van der Waals surface area contributed by atoms with Crippen LogP contribution in [0.2, 0.25) is 0 Å². The molecule has 0 spiro atoms. The summed E-state index contributed by atoms with van der Waals surface area (Å²) >= 11 is 0. The van der Waals surface area contributed by atoms with Gasteiger partial charge in [-0.15, -0.1) is 0 Å². The Labute approximate surface area is 161 Å². The maximum atomic E-state index is 12.8. The summed E-state index contributed by atoms with van der Waals surface area (Å²) in [6.07, 6.45) is 1.84. The van der Waals surface area contributed by atoms with E-state index >= 15 is 0 Å². The van der Waals surface area contributed by atoms with Crippen molar-refractivity contribution >= 4 is 15.9 Å². The monoisotopic (exact) mass is 395 g/mol. The smallest absolute Gasteiger partial charge is 0.251 e. The van der Waals surface area contributed by atoms with Gasteiger partial charge >= 0.3 is 0 Å². The molecule has 1 aromatic rings. The fraction of sp³-hybridized carbons (Fsp3) is 0.632. The summed E-state index contributed by atoms with van der Waals surface area (Å²) in [4.78, 5) is 12.5. The van der Waals surface area contributed by atoms with E-state index in [9.17, 15) is 13.2 Å². The zero-order valence-electron chi connectivity index (χ0n) is 16.0. The van der Waals surface area contributed by atoms with Gasteiger partial charge in [-0.2, -0.15) is 4.31 Å². The Bertz CT molecular complexity index is 735. The van der Waals surface area contributed by atoms with Gasteiger partial charge in [0.25, 0.3) is 5.91 Å². The quantitative estimate of drug-likeness (QED) is 0.756. The van der Waals surface area contributed by atoms with Crippen molar-refractivity contribution in [2.24, 2.45) is 5.92 Å². The molecule has 2 aliphatic heterocycles. The lowest BCUT2D eigenvalue weighted by Crippen LogP contribution is -2.48. The van der Waals surface area contributed by atoms with Crippen LogP contribution in [0, 0.1) is 5.92 Å². The van der Waals surface area contributed by atoms with E-state index in [1.807, 2.05) is 13.8 Å². The fourth-order valence-electron chi connectivity index (χ4n) is 3.71. The molecule has 3 atom stereocenters. The molecule has 7 nitrogen and oxygen atoms in total. The Balaban J connectivity index is 1.59. The van der Waals surface area contributed by atoms with Crippen LogP contribution in [0.4, 0.5) is 0 Å². The highest BCUT2D eigenvalue weighted by atomic mass is 32.2. The van der Waals surface area contributed by atoms with Crippen molar-refractivity contribution in [3.63, 3.8) is 0 Å². The third-order valence-electron chi connectivity index (χ3n) is 5.14. The fourth-order valence-corrected chi connectivity index (χ4v) is 5.30. The summed E-state index contributed by atoms with van der Waals surface area (Å²) in [5.41, 5.74) is 0.474. The number of ether oxygens (including phenoxy) is 1. The number of nitrogens with zero attached hydrogens (tertiary/aromatic N) is 1. The van der Waals surface area contributed by atoms with Gasteiger partial charge in [0.1, 0.15) is 0 Å². The summed E-state index contributed by atoms with van der Waals surface area (Å²) < 4.78 is 32.7. The molecule has 2 saturated heterocycles. The number of hydrogen-bond acceptors (Lipinski definition) is 5. The molecule has 0 bridgehead atoms. The van der Waals surface area contributed by atoms with E-state index in [-0.39, 0.29) is 23.0 Å². The van der Waals surface area contributed by atoms with Crippen molar-refractivity contribution in [2.45, 2.75) is 43.8 Å². The van der Waals surface area contributed by atoms with E-state index in [1.165, 1.54) is 16.4 Å². The molecule has 0 radical (unpaired) electrons. The van der Waals surface area contributed by atoms with E-state index in [0.29, 0.717) is 31.1 Å². The summed E-state index contributed by atoms with van der Waals surface area (Å²) in [5.74, 6) is 0.453. The first-order valence-corrected chi connectivity index (χ1v) is 11.0. The minimum Gasteiger partial charge on any atom is -0.373 e. The van der Waals surface area contributed by atoms with Crippen molar-refractivity contribution in [3.05, 3.63) is 29.8 Å². The number of carbonyl (C=O) groups is 1. The predicted molar refractivity (Wildman–Crippen MR) is 103 cm³/mol. The predicted octanol–water partition coefficient (Wildman–Crippen LogP) is 1.21. The molecule has 3 rings (SSSR count). The van der Waals surface area contributed by atoms with Crippen LogP contribution in [0.15, 0.2) is 29.2 Å². The standard InChI is InChI=1S/C19H29N3O4S/c1-14-12-22(13-15(2)26-14)27(24,25)18-5-3-17(4-6-18)19(23)21-10-8-16-7-9-20-11-16/h3-6,14-16,20H,7-13H2,1-2H3,(H,21,23). The number of sulfonamides is 1. The first kappa shape index (κ1) is 20.3. The van der Waals surface area contributed by atoms with Crippen LogP contribution >= 0.6 is 0 Å². The summed E-state index contributed by atoms with van der Waals surface area (Å²) in [6, 6.07) is 6.17. The van der Waals surface area contributed by atoms with E-state index in [4.69, 9.17) is 4.74 Å². The van der Waals surface area contributed by atoms with Gasteiger partial charge in [-0.05, 0) is 70.0 Å². The first-order valence-electron chi connectivity index (χ1n) is 9.61. The lowest BCUT2D eigenvalue weighted by Gasteiger charge is -2.34. The summed E-state index contributed by atoms with van der Waals surface area (Å²) in [6.45, 7) is 7.11. The second kappa shape index (κ2) is 8.68. The third kappa shape index (κ3) is 5.07. The molecule has 2 N–H and O–H groups in total. The second-order valence-corrected chi connectivity index (χ2v) is 9.45. The summed E-state index contributed by atoms with van der Waals surface area (Å²) in [5, 5.41) is 6.23. The number of hydrogen-bond donors (Lipinski definition) is 2. The lowest BCUT2D eigenvalue weighted by molar-refractivity contribution is -0.0440. The maximum Gasteiger partial charge on any atom is 0.251 e. The number of amides is 1. The molecule has 0 aromatic heterocycles. The Morgan fingerprint density at radius 2 is 1.89 bits per heavy atom. The van der Waals surface area contributed by atoms with Gasteiger partial charge in [-0.1, -0.05) is 0 Å². The molecule has 1 amide bonds. The van der Waals surface area contributed by atoms with E-state index in [1.54, 1.807) is 12.1 Å². The van der Waals surface area contributed by atoms with Crippen LogP contribution in [0.3, 0.4) is 0 Å². The largest absolute Gasteiger partial charge is 0.373 e. The van der Waals surface area contributed by atoms with Crippen molar-refractivity contribution in [3.8, 4) is 0 Å². The topological polar surface area (TPSA) is 87.7 Å². The number of carbonyl (C=O) groups excluding carboxylic acids is 1. The van der Waals surface area contributed by atoms with E-state index in [2.05, 4.69) is 10.6 Å². The van der Waals surface area contributed by atoms with Gasteiger partial charge in [0.05, 0.1) is 17.1 Å². The van der Waals surface area contributed by atoms with Gasteiger partial charge in [-0.25, -0.2) is 8.42 Å². The molecular weight excluding hydrogens is 366 g/mol. The van der Waals surface area contributed by atoms with Gasteiger partial charge in [-0.3, -0.25) is 4.79 Å². The molecule has 0 aliphatic carbocycles. The Hall–Kier alpha value is -1.48. The molecule has 2 aliphatic rings. The highest BCUT2D eigenvalue weighted by Crippen LogP contribution is 2.21. The normalized spacial score (nSPS) is 26.8. The van der Waals surface area contributed by atoms with Crippen LogP contribution in [-0.2, 0) is 14.8 Å². The molecule has 2 heterocycles. The first-order chi connectivity index (χ1) is 12.9. The van der Waals surface area contributed by atoms with Crippen LogP contribution in [-0.4, -0.2) is 63.6 Å². The number of benzene rings is 1. The highest BCUT2D eigenvalue weighted by molar-refractivity contribution is 7.89. The van der Waals surface area contributed by atoms with E-state index in [0.717, 1.165) is 25.9 Å². The minimum absolute atomic E-state index is 0.136. The maximum absolute atomic E-state index is 12.8. The van der Waals surface area contributed by atoms with Gasteiger partial charge in [0.2, 0.25) is 10.0 Å². The van der Waals surface area contributed by atoms with Crippen molar-refractivity contribution in [2.75, 3.05) is 32.7 Å². The number of rotatable bonds is 6. The molecule has 2 fully saturated rings. The zero-order chi connectivity index (χ0) is 19.4. The van der Waals surface area contributed by atoms with Crippen LogP contribution in [0.25, 0.3) is 0 Å². The van der Waals surface area contributed by atoms with Crippen molar-refractivity contribution in [1.82, 2.24) is 14.9 Å². The summed E-state index contributed by atoms with van der Waals surface area (Å²) in [7, 11) is -3.58. The van der Waals surface area contributed by atoms with E-state index < -0.39 is 10.0 Å². The van der Waals surface area contributed by atoms with Crippen LogP contribution in [0.1, 0.15) is 37.0 Å². The van der Waals surface area contributed by atoms with Gasteiger partial charge in [0.15, 0.2) is 0 Å². The third-order valence-corrected chi connectivity index (χ3v) is 6.99. The highest BCUT2D eigenvalue weighted by Gasteiger charge is 2.32.